The summed E-state index contributed by atoms with van der Waals surface area (Å²) in [6.45, 7) is 3.68. The lowest BCUT2D eigenvalue weighted by Gasteiger charge is -2.28. The van der Waals surface area contributed by atoms with Gasteiger partial charge in [0, 0.05) is 6.54 Å². The zero-order chi connectivity index (χ0) is 19.7. The maximum Gasteiger partial charge on any atom is 0.242 e. The quantitative estimate of drug-likeness (QED) is 0.845. The number of carbonyl (C=O) groups is 1. The van der Waals surface area contributed by atoms with Gasteiger partial charge in [-0.15, -0.1) is 0 Å². The Morgan fingerprint density at radius 3 is 2.48 bits per heavy atom. The zero-order valence-electron chi connectivity index (χ0n) is 15.6. The van der Waals surface area contributed by atoms with E-state index in [1.807, 2.05) is 13.0 Å². The molecule has 1 saturated carbocycles. The summed E-state index contributed by atoms with van der Waals surface area (Å²) in [7, 11) is -3.85. The summed E-state index contributed by atoms with van der Waals surface area (Å²) in [5.41, 5.74) is 2.08. The maximum absolute atomic E-state index is 13.5. The third-order valence-electron chi connectivity index (χ3n) is 5.31. The largest absolute Gasteiger partial charge is 0.351 e. The molecular formula is C21H24FNO3S. The predicted octanol–water partition coefficient (Wildman–Crippen LogP) is 3.85. The minimum Gasteiger partial charge on any atom is -0.351 e. The van der Waals surface area contributed by atoms with Gasteiger partial charge in [0.1, 0.15) is 5.82 Å². The molecule has 0 spiro atoms. The highest BCUT2D eigenvalue weighted by molar-refractivity contribution is 7.93. The van der Waals surface area contributed by atoms with Gasteiger partial charge < -0.3 is 5.32 Å². The number of hydrogen-bond donors (Lipinski definition) is 1. The Morgan fingerprint density at radius 2 is 1.81 bits per heavy atom. The van der Waals surface area contributed by atoms with Gasteiger partial charge in [0.15, 0.2) is 14.6 Å². The Kier molecular flexibility index (Phi) is 5.38. The van der Waals surface area contributed by atoms with Gasteiger partial charge in [-0.1, -0.05) is 37.1 Å². The van der Waals surface area contributed by atoms with E-state index in [0.717, 1.165) is 5.56 Å². The maximum atomic E-state index is 13.5. The summed E-state index contributed by atoms with van der Waals surface area (Å²) in [5.74, 6) is -0.884. The molecule has 0 saturated heterocycles. The Balaban J connectivity index is 1.93. The molecule has 0 unspecified atom stereocenters. The van der Waals surface area contributed by atoms with Crippen molar-refractivity contribution in [1.82, 2.24) is 5.32 Å². The first-order valence-corrected chi connectivity index (χ1v) is 10.6. The first kappa shape index (κ1) is 19.5. The van der Waals surface area contributed by atoms with E-state index >= 15 is 0 Å². The van der Waals surface area contributed by atoms with Crippen LogP contribution in [0.4, 0.5) is 4.39 Å². The Morgan fingerprint density at radius 1 is 1.11 bits per heavy atom. The van der Waals surface area contributed by atoms with Crippen LogP contribution in [0, 0.1) is 19.7 Å². The van der Waals surface area contributed by atoms with E-state index in [1.54, 1.807) is 31.2 Å². The van der Waals surface area contributed by atoms with Crippen molar-refractivity contribution in [3.05, 3.63) is 65.0 Å². The summed E-state index contributed by atoms with van der Waals surface area (Å²) < 4.78 is 38.9. The van der Waals surface area contributed by atoms with Crippen molar-refractivity contribution >= 4 is 15.7 Å². The van der Waals surface area contributed by atoms with E-state index in [9.17, 15) is 17.6 Å². The van der Waals surface area contributed by atoms with Crippen LogP contribution in [0.2, 0.25) is 0 Å². The van der Waals surface area contributed by atoms with Crippen LogP contribution in [0.1, 0.15) is 42.4 Å². The number of halogens is 1. The molecule has 0 aliphatic heterocycles. The highest BCUT2D eigenvalue weighted by atomic mass is 32.2. The summed E-state index contributed by atoms with van der Waals surface area (Å²) in [6, 6.07) is 11.2. The molecule has 0 radical (unpaired) electrons. The SMILES string of the molecule is Cc1ccc(C)c(S(=O)(=O)C2(C(=O)NCc3cccc(F)c3)CCCC2)c1. The number of rotatable bonds is 5. The topological polar surface area (TPSA) is 63.2 Å². The third kappa shape index (κ3) is 3.63. The number of carbonyl (C=O) groups excluding carboxylic acids is 1. The summed E-state index contributed by atoms with van der Waals surface area (Å²) in [4.78, 5) is 13.3. The fourth-order valence-electron chi connectivity index (χ4n) is 3.76. The Bertz CT molecular complexity index is 963. The van der Waals surface area contributed by atoms with Crippen molar-refractivity contribution in [1.29, 1.82) is 0 Å². The second-order valence-electron chi connectivity index (χ2n) is 7.29. The fraction of sp³-hybridized carbons (Fsp3) is 0.381. The lowest BCUT2D eigenvalue weighted by molar-refractivity contribution is -0.123. The number of amides is 1. The average Bonchev–Trinajstić information content (AvgIpc) is 3.13. The molecule has 144 valence electrons. The van der Waals surface area contributed by atoms with Crippen molar-refractivity contribution in [3.8, 4) is 0 Å². The lowest BCUT2D eigenvalue weighted by atomic mass is 10.1. The van der Waals surface area contributed by atoms with Gasteiger partial charge in [-0.3, -0.25) is 4.79 Å². The van der Waals surface area contributed by atoms with Gasteiger partial charge in [0.05, 0.1) is 4.90 Å². The molecule has 6 heteroatoms. The van der Waals surface area contributed by atoms with Crippen LogP contribution in [-0.2, 0) is 21.2 Å². The number of benzene rings is 2. The van der Waals surface area contributed by atoms with Crippen LogP contribution in [0.25, 0.3) is 0 Å². The molecular weight excluding hydrogens is 365 g/mol. The smallest absolute Gasteiger partial charge is 0.242 e. The van der Waals surface area contributed by atoms with E-state index in [0.29, 0.717) is 36.8 Å². The molecule has 1 amide bonds. The van der Waals surface area contributed by atoms with Gasteiger partial charge in [0.2, 0.25) is 5.91 Å². The van der Waals surface area contributed by atoms with Gasteiger partial charge in [-0.2, -0.15) is 0 Å². The van der Waals surface area contributed by atoms with Crippen LogP contribution < -0.4 is 5.32 Å². The fourth-order valence-corrected chi connectivity index (χ4v) is 6.16. The second-order valence-corrected chi connectivity index (χ2v) is 9.51. The number of nitrogens with one attached hydrogen (secondary N) is 1. The normalized spacial score (nSPS) is 16.3. The molecule has 2 aromatic carbocycles. The predicted molar refractivity (Wildman–Crippen MR) is 103 cm³/mol. The van der Waals surface area contributed by atoms with Gasteiger partial charge in [-0.25, -0.2) is 12.8 Å². The van der Waals surface area contributed by atoms with Crippen molar-refractivity contribution in [2.45, 2.75) is 55.7 Å². The average molecular weight is 389 g/mol. The minimum atomic E-state index is -3.85. The van der Waals surface area contributed by atoms with Gasteiger partial charge >= 0.3 is 0 Å². The molecule has 0 bridgehead atoms. The lowest BCUT2D eigenvalue weighted by Crippen LogP contribution is -2.50. The van der Waals surface area contributed by atoms with E-state index in [2.05, 4.69) is 5.32 Å². The van der Waals surface area contributed by atoms with Crippen LogP contribution in [0.5, 0.6) is 0 Å². The molecule has 1 N–H and O–H groups in total. The molecule has 2 aromatic rings. The number of sulfone groups is 1. The van der Waals surface area contributed by atoms with Gasteiger partial charge in [-0.05, 0) is 61.6 Å². The van der Waals surface area contributed by atoms with Crippen LogP contribution in [0.3, 0.4) is 0 Å². The highest BCUT2D eigenvalue weighted by Gasteiger charge is 2.53. The minimum absolute atomic E-state index is 0.0979. The van der Waals surface area contributed by atoms with Crippen LogP contribution in [0.15, 0.2) is 47.4 Å². The second kappa shape index (κ2) is 7.43. The van der Waals surface area contributed by atoms with E-state index in [-0.39, 0.29) is 17.3 Å². The summed E-state index contributed by atoms with van der Waals surface area (Å²) >= 11 is 0. The first-order valence-electron chi connectivity index (χ1n) is 9.11. The van der Waals surface area contributed by atoms with Crippen molar-refractivity contribution in [2.75, 3.05) is 0 Å². The van der Waals surface area contributed by atoms with Crippen LogP contribution in [-0.4, -0.2) is 19.1 Å². The standard InChI is InChI=1S/C21H24FNO3S/c1-15-8-9-16(2)19(12-15)27(25,26)21(10-3-4-11-21)20(24)23-14-17-6-5-7-18(22)13-17/h5-9,12-13H,3-4,10-11,14H2,1-2H3,(H,23,24). The molecule has 0 atom stereocenters. The number of aryl methyl sites for hydroxylation is 2. The van der Waals surface area contributed by atoms with E-state index < -0.39 is 20.5 Å². The monoisotopic (exact) mass is 389 g/mol. The molecule has 27 heavy (non-hydrogen) atoms. The van der Waals surface area contributed by atoms with Crippen molar-refractivity contribution in [2.24, 2.45) is 0 Å². The number of hydrogen-bond acceptors (Lipinski definition) is 3. The third-order valence-corrected chi connectivity index (χ3v) is 7.96. The molecule has 0 aromatic heterocycles. The van der Waals surface area contributed by atoms with Crippen molar-refractivity contribution < 1.29 is 17.6 Å². The summed E-state index contributed by atoms with van der Waals surface area (Å²) in [5, 5.41) is 2.73. The van der Waals surface area contributed by atoms with Crippen LogP contribution >= 0.6 is 0 Å². The first-order chi connectivity index (χ1) is 12.8. The molecule has 4 nitrogen and oxygen atoms in total. The van der Waals surface area contributed by atoms with Gasteiger partial charge in [0.25, 0.3) is 0 Å². The molecule has 3 rings (SSSR count). The Hall–Kier alpha value is -2.21. The zero-order valence-corrected chi connectivity index (χ0v) is 16.4. The molecule has 1 aliphatic rings. The molecule has 1 aliphatic carbocycles. The molecule has 0 heterocycles. The highest BCUT2D eigenvalue weighted by Crippen LogP contribution is 2.41. The Labute approximate surface area is 159 Å². The van der Waals surface area contributed by atoms with E-state index in [1.165, 1.54) is 12.1 Å². The van der Waals surface area contributed by atoms with E-state index in [4.69, 9.17) is 0 Å². The molecule has 1 fully saturated rings. The summed E-state index contributed by atoms with van der Waals surface area (Å²) in [6.07, 6.45) is 1.99. The van der Waals surface area contributed by atoms with Crippen molar-refractivity contribution in [3.63, 3.8) is 0 Å².